The Labute approximate surface area is 171 Å². The fraction of sp³-hybridized carbons (Fsp3) is 0.364. The highest BCUT2D eigenvalue weighted by atomic mass is 19.1. The number of benzene rings is 2. The lowest BCUT2D eigenvalue weighted by Crippen LogP contribution is -2.37. The molecule has 0 fully saturated rings. The molecule has 0 saturated carbocycles. The van der Waals surface area contributed by atoms with Crippen LogP contribution in [0.15, 0.2) is 42.5 Å². The monoisotopic (exact) mass is 400 g/mol. The molecule has 0 saturated heterocycles. The zero-order valence-corrected chi connectivity index (χ0v) is 17.6. The summed E-state index contributed by atoms with van der Waals surface area (Å²) in [4.78, 5) is 28.5. The number of nitrogens with zero attached hydrogens (tertiary/aromatic N) is 2. The van der Waals surface area contributed by atoms with Crippen molar-refractivity contribution in [1.82, 2.24) is 10.2 Å². The predicted octanol–water partition coefficient (Wildman–Crippen LogP) is 4.08. The van der Waals surface area contributed by atoms with Crippen LogP contribution in [-0.4, -0.2) is 43.5 Å². The molecule has 0 atom stereocenters. The highest BCUT2D eigenvalue weighted by Gasteiger charge is 2.21. The molecule has 29 heavy (non-hydrogen) atoms. The highest BCUT2D eigenvalue weighted by molar-refractivity contribution is 5.94. The zero-order valence-electron chi connectivity index (χ0n) is 17.6. The number of amides is 3. The van der Waals surface area contributed by atoms with E-state index < -0.39 is 5.82 Å². The standard InChI is InChI=1S/C22H29FN4O2/c1-6-24-22(29)25-19-10-11-20(26(4)5)17(13-19)14-27(15(2)3)21(28)16-8-7-9-18(23)12-16/h7-13,15H,6,14H2,1-5H3,(H2,24,25,29). The van der Waals surface area contributed by atoms with Crippen molar-refractivity contribution in [2.45, 2.75) is 33.4 Å². The number of carbonyl (C=O) groups is 2. The molecule has 0 aliphatic heterocycles. The van der Waals surface area contributed by atoms with Crippen LogP contribution in [0.1, 0.15) is 36.7 Å². The molecule has 3 amide bonds. The van der Waals surface area contributed by atoms with Crippen LogP contribution in [0.3, 0.4) is 0 Å². The molecule has 0 bridgehead atoms. The van der Waals surface area contributed by atoms with Gasteiger partial charge in [-0.1, -0.05) is 6.07 Å². The number of halogens is 1. The summed E-state index contributed by atoms with van der Waals surface area (Å²) in [6.07, 6.45) is 0. The minimum Gasteiger partial charge on any atom is -0.377 e. The fourth-order valence-electron chi connectivity index (χ4n) is 3.02. The molecule has 2 aromatic rings. The number of rotatable bonds is 7. The second-order valence-corrected chi connectivity index (χ2v) is 7.26. The van der Waals surface area contributed by atoms with E-state index in [1.807, 2.05) is 58.0 Å². The van der Waals surface area contributed by atoms with Crippen LogP contribution >= 0.6 is 0 Å². The molecule has 2 rings (SSSR count). The van der Waals surface area contributed by atoms with Crippen molar-refractivity contribution in [3.05, 3.63) is 59.4 Å². The molecule has 0 aromatic heterocycles. The highest BCUT2D eigenvalue weighted by Crippen LogP contribution is 2.26. The Morgan fingerprint density at radius 2 is 1.83 bits per heavy atom. The first-order valence-electron chi connectivity index (χ1n) is 9.64. The van der Waals surface area contributed by atoms with Gasteiger partial charge in [0.05, 0.1) is 0 Å². The van der Waals surface area contributed by atoms with Crippen LogP contribution in [0.4, 0.5) is 20.6 Å². The van der Waals surface area contributed by atoms with Crippen LogP contribution in [0.2, 0.25) is 0 Å². The Morgan fingerprint density at radius 1 is 1.10 bits per heavy atom. The summed E-state index contributed by atoms with van der Waals surface area (Å²) in [5.41, 5.74) is 2.76. The van der Waals surface area contributed by atoms with E-state index in [0.29, 0.717) is 24.3 Å². The van der Waals surface area contributed by atoms with Crippen molar-refractivity contribution >= 4 is 23.3 Å². The number of carbonyl (C=O) groups excluding carboxylic acids is 2. The summed E-state index contributed by atoms with van der Waals surface area (Å²) in [5, 5.41) is 5.49. The van der Waals surface area contributed by atoms with Gasteiger partial charge >= 0.3 is 6.03 Å². The maximum absolute atomic E-state index is 13.6. The molecule has 0 heterocycles. The third-order valence-corrected chi connectivity index (χ3v) is 4.45. The summed E-state index contributed by atoms with van der Waals surface area (Å²) in [6, 6.07) is 10.9. The van der Waals surface area contributed by atoms with E-state index in [4.69, 9.17) is 0 Å². The second-order valence-electron chi connectivity index (χ2n) is 7.26. The Kier molecular flexibility index (Phi) is 7.59. The third-order valence-electron chi connectivity index (χ3n) is 4.45. The van der Waals surface area contributed by atoms with E-state index >= 15 is 0 Å². The smallest absolute Gasteiger partial charge is 0.319 e. The van der Waals surface area contributed by atoms with Crippen LogP contribution in [0.5, 0.6) is 0 Å². The summed E-state index contributed by atoms with van der Waals surface area (Å²) < 4.78 is 13.6. The summed E-state index contributed by atoms with van der Waals surface area (Å²) >= 11 is 0. The summed E-state index contributed by atoms with van der Waals surface area (Å²) in [5.74, 6) is -0.687. The Morgan fingerprint density at radius 3 is 2.41 bits per heavy atom. The van der Waals surface area contributed by atoms with E-state index in [1.54, 1.807) is 11.0 Å². The molecule has 2 N–H and O–H groups in total. The number of nitrogens with one attached hydrogen (secondary N) is 2. The minimum absolute atomic E-state index is 0.0965. The lowest BCUT2D eigenvalue weighted by molar-refractivity contribution is 0.0690. The van der Waals surface area contributed by atoms with Gasteiger partial charge in [0, 0.05) is 50.2 Å². The number of anilines is 2. The Bertz CT molecular complexity index is 868. The largest absolute Gasteiger partial charge is 0.377 e. The van der Waals surface area contributed by atoms with Crippen molar-refractivity contribution in [3.63, 3.8) is 0 Å². The molecular weight excluding hydrogens is 371 g/mol. The van der Waals surface area contributed by atoms with Gasteiger partial charge in [-0.3, -0.25) is 4.79 Å². The van der Waals surface area contributed by atoms with E-state index in [9.17, 15) is 14.0 Å². The van der Waals surface area contributed by atoms with Gasteiger partial charge in [-0.05, 0) is 62.7 Å². The van der Waals surface area contributed by atoms with Crippen molar-refractivity contribution in [1.29, 1.82) is 0 Å². The van der Waals surface area contributed by atoms with Gasteiger partial charge in [0.1, 0.15) is 5.82 Å². The molecule has 156 valence electrons. The molecular formula is C22H29FN4O2. The summed E-state index contributed by atoms with van der Waals surface area (Å²) in [6.45, 7) is 6.54. The molecule has 7 heteroatoms. The average molecular weight is 400 g/mol. The lowest BCUT2D eigenvalue weighted by Gasteiger charge is -2.29. The van der Waals surface area contributed by atoms with Crippen molar-refractivity contribution in [3.8, 4) is 0 Å². The van der Waals surface area contributed by atoms with E-state index in [0.717, 1.165) is 11.3 Å². The molecule has 0 aliphatic carbocycles. The van der Waals surface area contributed by atoms with Crippen LogP contribution in [0.25, 0.3) is 0 Å². The Hall–Kier alpha value is -3.09. The van der Waals surface area contributed by atoms with Crippen LogP contribution in [0, 0.1) is 5.82 Å². The van der Waals surface area contributed by atoms with Gasteiger partial charge in [-0.15, -0.1) is 0 Å². The third kappa shape index (κ3) is 5.94. The topological polar surface area (TPSA) is 64.7 Å². The minimum atomic E-state index is -0.443. The molecule has 6 nitrogen and oxygen atoms in total. The van der Waals surface area contributed by atoms with Gasteiger partial charge in [0.2, 0.25) is 0 Å². The van der Waals surface area contributed by atoms with Crippen LogP contribution < -0.4 is 15.5 Å². The maximum atomic E-state index is 13.6. The molecule has 0 unspecified atom stereocenters. The normalized spacial score (nSPS) is 10.6. The first kappa shape index (κ1) is 22.2. The summed E-state index contributed by atoms with van der Waals surface area (Å²) in [7, 11) is 3.84. The Balaban J connectivity index is 2.36. The maximum Gasteiger partial charge on any atom is 0.319 e. The average Bonchev–Trinajstić information content (AvgIpc) is 2.65. The molecule has 0 radical (unpaired) electrons. The van der Waals surface area contributed by atoms with E-state index in [2.05, 4.69) is 10.6 Å². The second kappa shape index (κ2) is 9.91. The zero-order chi connectivity index (χ0) is 21.6. The first-order valence-corrected chi connectivity index (χ1v) is 9.64. The fourth-order valence-corrected chi connectivity index (χ4v) is 3.02. The van der Waals surface area contributed by atoms with Crippen molar-refractivity contribution < 1.29 is 14.0 Å². The first-order chi connectivity index (χ1) is 13.7. The van der Waals surface area contributed by atoms with Gasteiger partial charge in [0.15, 0.2) is 0 Å². The van der Waals surface area contributed by atoms with Crippen LogP contribution in [-0.2, 0) is 6.54 Å². The van der Waals surface area contributed by atoms with Gasteiger partial charge in [-0.2, -0.15) is 0 Å². The van der Waals surface area contributed by atoms with Crippen molar-refractivity contribution in [2.75, 3.05) is 30.9 Å². The number of hydrogen-bond donors (Lipinski definition) is 2. The number of urea groups is 1. The van der Waals surface area contributed by atoms with Crippen molar-refractivity contribution in [2.24, 2.45) is 0 Å². The molecule has 0 spiro atoms. The quantitative estimate of drug-likeness (QED) is 0.736. The number of hydrogen-bond acceptors (Lipinski definition) is 3. The SMILES string of the molecule is CCNC(=O)Nc1ccc(N(C)C)c(CN(C(=O)c2cccc(F)c2)C(C)C)c1. The molecule has 0 aliphatic rings. The van der Waals surface area contributed by atoms with E-state index in [1.165, 1.54) is 18.2 Å². The molecule has 2 aromatic carbocycles. The predicted molar refractivity (Wildman–Crippen MR) is 115 cm³/mol. The lowest BCUT2D eigenvalue weighted by atomic mass is 10.1. The van der Waals surface area contributed by atoms with Gasteiger partial charge < -0.3 is 20.4 Å². The van der Waals surface area contributed by atoms with Gasteiger partial charge in [0.25, 0.3) is 5.91 Å². The van der Waals surface area contributed by atoms with E-state index in [-0.39, 0.29) is 18.0 Å². The van der Waals surface area contributed by atoms with Gasteiger partial charge in [-0.25, -0.2) is 9.18 Å².